The number of nitrogens with one attached hydrogen (secondary N) is 2. The number of rotatable bonds is 7. The number of benzene rings is 2. The molecule has 0 saturated carbocycles. The molecule has 0 bridgehead atoms. The molecule has 0 spiro atoms. The fourth-order valence-electron chi connectivity index (χ4n) is 3.07. The molecule has 0 aliphatic carbocycles. The van der Waals surface area contributed by atoms with Crippen LogP contribution in [0, 0.1) is 6.92 Å². The predicted octanol–water partition coefficient (Wildman–Crippen LogP) is 3.88. The molecule has 0 fully saturated rings. The molecule has 1 heterocycles. The average Bonchev–Trinajstić information content (AvgIpc) is 3.25. The van der Waals surface area contributed by atoms with Gasteiger partial charge in [0.15, 0.2) is 11.7 Å². The first-order chi connectivity index (χ1) is 15.0. The van der Waals surface area contributed by atoms with Crippen molar-refractivity contribution in [3.05, 3.63) is 77.3 Å². The lowest BCUT2D eigenvalue weighted by molar-refractivity contribution is 0.0827. The van der Waals surface area contributed by atoms with E-state index in [1.807, 2.05) is 48.5 Å². The molecular formula is C24H30IN5O2. The predicted molar refractivity (Wildman–Crippen MR) is 138 cm³/mol. The van der Waals surface area contributed by atoms with Crippen LogP contribution in [0.15, 0.2) is 64.1 Å². The number of carbonyl (C=O) groups is 1. The Balaban J connectivity index is 0.00000363. The van der Waals surface area contributed by atoms with Gasteiger partial charge in [-0.15, -0.1) is 24.0 Å². The minimum absolute atomic E-state index is 0. The highest BCUT2D eigenvalue weighted by Crippen LogP contribution is 2.20. The molecule has 0 aliphatic rings. The number of halogens is 1. The monoisotopic (exact) mass is 547 g/mol. The highest BCUT2D eigenvalue weighted by molar-refractivity contribution is 14.0. The van der Waals surface area contributed by atoms with Gasteiger partial charge in [-0.3, -0.25) is 9.79 Å². The lowest BCUT2D eigenvalue weighted by Gasteiger charge is -2.12. The van der Waals surface area contributed by atoms with E-state index < -0.39 is 0 Å². The fourth-order valence-corrected chi connectivity index (χ4v) is 3.07. The number of guanidine groups is 1. The van der Waals surface area contributed by atoms with Crippen LogP contribution in [0.5, 0.6) is 0 Å². The highest BCUT2D eigenvalue weighted by Gasteiger charge is 2.09. The zero-order chi connectivity index (χ0) is 22.2. The van der Waals surface area contributed by atoms with E-state index in [-0.39, 0.29) is 29.9 Å². The van der Waals surface area contributed by atoms with E-state index in [0.29, 0.717) is 30.5 Å². The Morgan fingerprint density at radius 3 is 2.56 bits per heavy atom. The maximum absolute atomic E-state index is 12.1. The molecule has 2 N–H and O–H groups in total. The summed E-state index contributed by atoms with van der Waals surface area (Å²) < 4.78 is 5.84. The van der Waals surface area contributed by atoms with Crippen LogP contribution in [0.2, 0.25) is 0 Å². The SMILES string of the molecule is CN=C(NCCc1cccc(C(=O)N(C)C)c1)NCc1ncc(-c2ccc(C)cc2)o1.I. The van der Waals surface area contributed by atoms with Gasteiger partial charge >= 0.3 is 0 Å². The Morgan fingerprint density at radius 2 is 1.88 bits per heavy atom. The van der Waals surface area contributed by atoms with E-state index in [1.54, 1.807) is 32.2 Å². The van der Waals surface area contributed by atoms with Gasteiger partial charge < -0.3 is 20.0 Å². The van der Waals surface area contributed by atoms with Crippen molar-refractivity contribution in [2.24, 2.45) is 4.99 Å². The minimum atomic E-state index is 0. The van der Waals surface area contributed by atoms with Crippen molar-refractivity contribution in [2.75, 3.05) is 27.7 Å². The summed E-state index contributed by atoms with van der Waals surface area (Å²) in [4.78, 5) is 22.3. The number of oxazole rings is 1. The molecule has 0 saturated heterocycles. The summed E-state index contributed by atoms with van der Waals surface area (Å²) in [7, 11) is 5.23. The van der Waals surface area contributed by atoms with Gasteiger partial charge in [0.2, 0.25) is 5.89 Å². The van der Waals surface area contributed by atoms with Crippen LogP contribution in [0.25, 0.3) is 11.3 Å². The highest BCUT2D eigenvalue weighted by atomic mass is 127. The van der Waals surface area contributed by atoms with Crippen molar-refractivity contribution >= 4 is 35.8 Å². The molecule has 3 rings (SSSR count). The molecule has 1 aromatic heterocycles. The summed E-state index contributed by atoms with van der Waals surface area (Å²) in [5, 5.41) is 6.49. The molecular weight excluding hydrogens is 517 g/mol. The topological polar surface area (TPSA) is 82.8 Å². The quantitative estimate of drug-likeness (QED) is 0.267. The number of hydrogen-bond acceptors (Lipinski definition) is 4. The zero-order valence-corrected chi connectivity index (χ0v) is 21.2. The smallest absolute Gasteiger partial charge is 0.253 e. The van der Waals surface area contributed by atoms with Crippen LogP contribution in [0.4, 0.5) is 0 Å². The summed E-state index contributed by atoms with van der Waals surface area (Å²) in [6.45, 7) is 3.16. The molecule has 0 radical (unpaired) electrons. The molecule has 0 atom stereocenters. The number of aliphatic imine (C=N–C) groups is 1. The Hall–Kier alpha value is -2.88. The summed E-state index contributed by atoms with van der Waals surface area (Å²) in [6, 6.07) is 15.8. The van der Waals surface area contributed by atoms with E-state index in [2.05, 4.69) is 27.5 Å². The number of nitrogens with zero attached hydrogens (tertiary/aromatic N) is 3. The third-order valence-electron chi connectivity index (χ3n) is 4.81. The summed E-state index contributed by atoms with van der Waals surface area (Å²) in [6.07, 6.45) is 2.51. The van der Waals surface area contributed by atoms with E-state index in [0.717, 1.165) is 23.3 Å². The van der Waals surface area contributed by atoms with Crippen molar-refractivity contribution in [2.45, 2.75) is 19.9 Å². The molecule has 0 unspecified atom stereocenters. The Labute approximate surface area is 206 Å². The third kappa shape index (κ3) is 7.08. The number of amides is 1. The molecule has 8 heteroatoms. The standard InChI is InChI=1S/C24H29N5O2.HI/c1-17-8-10-19(11-9-17)21-15-27-22(31-21)16-28-24(25-2)26-13-12-18-6-5-7-20(14-18)23(30)29(3)4;/h5-11,14-15H,12-13,16H2,1-4H3,(H2,25,26,28);1H. The minimum Gasteiger partial charge on any atom is -0.439 e. The number of hydrogen-bond donors (Lipinski definition) is 2. The molecule has 2 aromatic carbocycles. The Bertz CT molecular complexity index is 1040. The molecule has 3 aromatic rings. The second kappa shape index (κ2) is 12.2. The van der Waals surface area contributed by atoms with Crippen molar-refractivity contribution < 1.29 is 9.21 Å². The third-order valence-corrected chi connectivity index (χ3v) is 4.81. The van der Waals surface area contributed by atoms with Gasteiger partial charge in [0.05, 0.1) is 12.7 Å². The van der Waals surface area contributed by atoms with Crippen molar-refractivity contribution in [3.63, 3.8) is 0 Å². The molecule has 170 valence electrons. The number of aryl methyl sites for hydroxylation is 1. The van der Waals surface area contributed by atoms with E-state index in [4.69, 9.17) is 4.42 Å². The number of carbonyl (C=O) groups excluding carboxylic acids is 1. The maximum atomic E-state index is 12.1. The van der Waals surface area contributed by atoms with Gasteiger partial charge in [0, 0.05) is 38.8 Å². The molecule has 1 amide bonds. The summed E-state index contributed by atoms with van der Waals surface area (Å²) >= 11 is 0. The van der Waals surface area contributed by atoms with Gasteiger partial charge in [-0.05, 0) is 31.0 Å². The van der Waals surface area contributed by atoms with Gasteiger partial charge in [0.25, 0.3) is 5.91 Å². The van der Waals surface area contributed by atoms with Gasteiger partial charge in [-0.2, -0.15) is 0 Å². The van der Waals surface area contributed by atoms with E-state index in [1.165, 1.54) is 5.56 Å². The van der Waals surface area contributed by atoms with Crippen LogP contribution >= 0.6 is 24.0 Å². The van der Waals surface area contributed by atoms with Gasteiger partial charge in [0.1, 0.15) is 0 Å². The summed E-state index contributed by atoms with van der Waals surface area (Å²) in [5.74, 6) is 2.00. The lowest BCUT2D eigenvalue weighted by Crippen LogP contribution is -2.37. The van der Waals surface area contributed by atoms with Crippen LogP contribution in [-0.2, 0) is 13.0 Å². The second-order valence-corrected chi connectivity index (χ2v) is 7.49. The largest absolute Gasteiger partial charge is 0.439 e. The molecule has 7 nitrogen and oxygen atoms in total. The first-order valence-electron chi connectivity index (χ1n) is 10.2. The normalized spacial score (nSPS) is 10.9. The van der Waals surface area contributed by atoms with E-state index in [9.17, 15) is 4.79 Å². The van der Waals surface area contributed by atoms with Crippen molar-refractivity contribution in [1.82, 2.24) is 20.5 Å². The fraction of sp³-hybridized carbons (Fsp3) is 0.292. The van der Waals surface area contributed by atoms with Crippen LogP contribution in [0.3, 0.4) is 0 Å². The molecule has 0 aliphatic heterocycles. The first kappa shape index (κ1) is 25.4. The van der Waals surface area contributed by atoms with E-state index >= 15 is 0 Å². The zero-order valence-electron chi connectivity index (χ0n) is 18.9. The average molecular weight is 547 g/mol. The van der Waals surface area contributed by atoms with Crippen LogP contribution in [-0.4, -0.2) is 49.4 Å². The lowest BCUT2D eigenvalue weighted by atomic mass is 10.1. The maximum Gasteiger partial charge on any atom is 0.253 e. The second-order valence-electron chi connectivity index (χ2n) is 7.49. The summed E-state index contributed by atoms with van der Waals surface area (Å²) in [5.41, 5.74) is 3.99. The number of aromatic nitrogens is 1. The first-order valence-corrected chi connectivity index (χ1v) is 10.2. The van der Waals surface area contributed by atoms with Gasteiger partial charge in [-0.25, -0.2) is 4.98 Å². The van der Waals surface area contributed by atoms with Crippen LogP contribution in [0.1, 0.15) is 27.4 Å². The van der Waals surface area contributed by atoms with Gasteiger partial charge in [-0.1, -0.05) is 42.0 Å². The van der Waals surface area contributed by atoms with Crippen molar-refractivity contribution in [1.29, 1.82) is 0 Å². The van der Waals surface area contributed by atoms with Crippen LogP contribution < -0.4 is 10.6 Å². The molecule has 32 heavy (non-hydrogen) atoms. The van der Waals surface area contributed by atoms with Crippen molar-refractivity contribution in [3.8, 4) is 11.3 Å². The Kier molecular flexibility index (Phi) is 9.70. The Morgan fingerprint density at radius 1 is 1.12 bits per heavy atom.